The van der Waals surface area contributed by atoms with E-state index in [0.717, 1.165) is 0 Å². The monoisotopic (exact) mass is 358 g/mol. The number of hydrogen-bond donors (Lipinski definition) is 2. The maximum atomic E-state index is 1.50. The van der Waals surface area contributed by atoms with E-state index >= 15 is 0 Å². The van der Waals surface area contributed by atoms with Crippen LogP contribution in [0.15, 0.2) is 0 Å². The summed E-state index contributed by atoms with van der Waals surface area (Å²) in [7, 11) is 0. The maximum Gasteiger partial charge on any atom is 1.00 e. The molecule has 0 saturated heterocycles. The first-order chi connectivity index (χ1) is 3.00. The molecule has 2 nitrogen and oxygen atoms in total. The van der Waals surface area contributed by atoms with E-state index in [1.807, 2.05) is 0 Å². The summed E-state index contributed by atoms with van der Waals surface area (Å²) in [5.74, 6) is 0. The van der Waals surface area contributed by atoms with Crippen LogP contribution in [-0.2, 0) is 0 Å². The third-order valence-electron chi connectivity index (χ3n) is 1.50. The van der Waals surface area contributed by atoms with E-state index in [0.29, 0.717) is 0 Å². The molecule has 0 atom stereocenters. The standard InChI is InChI=1S/C6H12.6K.2H3N.6H/c1-2-4-6-5-3-1;;;;;;;;;;;;;;/h1-6H2;;;;;;;2*1H3;;;;;;/q;6*+1;;;6*-1. The van der Waals surface area contributed by atoms with Crippen molar-refractivity contribution in [2.24, 2.45) is 0 Å². The minimum Gasteiger partial charge on any atom is -1.00 e. The van der Waals surface area contributed by atoms with Crippen LogP contribution in [0, 0.1) is 0 Å². The van der Waals surface area contributed by atoms with E-state index in [2.05, 4.69) is 0 Å². The third-order valence-corrected chi connectivity index (χ3v) is 1.50. The van der Waals surface area contributed by atoms with Crippen molar-refractivity contribution in [3.05, 3.63) is 0 Å². The van der Waals surface area contributed by atoms with Crippen LogP contribution in [-0.4, -0.2) is 0 Å². The molecule has 0 spiro atoms. The van der Waals surface area contributed by atoms with Gasteiger partial charge in [0.2, 0.25) is 0 Å². The van der Waals surface area contributed by atoms with Gasteiger partial charge in [-0.2, -0.15) is 0 Å². The van der Waals surface area contributed by atoms with Crippen molar-refractivity contribution in [3.63, 3.8) is 0 Å². The minimum absolute atomic E-state index is 0. The van der Waals surface area contributed by atoms with E-state index in [-0.39, 0.29) is 329 Å². The Hall–Kier alpha value is 9.74. The molecule has 1 fully saturated rings. The zero-order valence-corrected chi connectivity index (χ0v) is 30.4. The van der Waals surface area contributed by atoms with Crippen molar-refractivity contribution in [2.75, 3.05) is 0 Å². The molecule has 0 radical (unpaired) electrons. The largest absolute Gasteiger partial charge is 1.00 e. The molecule has 0 aromatic carbocycles. The van der Waals surface area contributed by atoms with Gasteiger partial charge in [0.25, 0.3) is 0 Å². The molecule has 1 rings (SSSR count). The van der Waals surface area contributed by atoms with Crippen LogP contribution in [0.25, 0.3) is 0 Å². The summed E-state index contributed by atoms with van der Waals surface area (Å²) in [6.45, 7) is 0. The normalized spacial score (nSPS) is 10.3. The Kier molecular flexibility index (Phi) is 154. The van der Waals surface area contributed by atoms with Gasteiger partial charge in [0.1, 0.15) is 0 Å². The molecule has 1 saturated carbocycles. The summed E-state index contributed by atoms with van der Waals surface area (Å²) < 4.78 is 0. The van der Waals surface area contributed by atoms with Crippen LogP contribution >= 0.6 is 0 Å². The molecule has 0 unspecified atom stereocenters. The molecule has 6 N–H and O–H groups in total. The second-order valence-corrected chi connectivity index (χ2v) is 2.12. The number of rotatable bonds is 0. The van der Waals surface area contributed by atoms with Crippen LogP contribution in [0.1, 0.15) is 47.1 Å². The molecule has 64 valence electrons. The smallest absolute Gasteiger partial charge is 1.00 e. The molecule has 14 heavy (non-hydrogen) atoms. The Balaban J connectivity index is -0.00000000214. The van der Waals surface area contributed by atoms with Gasteiger partial charge in [0.05, 0.1) is 0 Å². The van der Waals surface area contributed by atoms with Gasteiger partial charge in [-0.25, -0.2) is 0 Å². The van der Waals surface area contributed by atoms with Gasteiger partial charge in [-0.3, -0.25) is 0 Å². The topological polar surface area (TPSA) is 70.0 Å². The molecule has 0 bridgehead atoms. The van der Waals surface area contributed by atoms with Gasteiger partial charge >= 0.3 is 308 Å². The van der Waals surface area contributed by atoms with Crippen molar-refractivity contribution in [1.29, 1.82) is 0 Å². The van der Waals surface area contributed by atoms with Crippen molar-refractivity contribution >= 4 is 0 Å². The first-order valence-electron chi connectivity index (χ1n) is 3.00. The molecule has 1 aliphatic carbocycles. The summed E-state index contributed by atoms with van der Waals surface area (Å²) in [5.41, 5.74) is 0. The van der Waals surface area contributed by atoms with E-state index in [1.165, 1.54) is 38.5 Å². The summed E-state index contributed by atoms with van der Waals surface area (Å²) in [6.07, 6.45) is 9.00. The molecule has 0 aromatic heterocycles. The van der Waals surface area contributed by atoms with Crippen LogP contribution in [0.3, 0.4) is 0 Å². The molecule has 0 amide bonds. The van der Waals surface area contributed by atoms with Gasteiger partial charge in [0.15, 0.2) is 0 Å². The average molecular weight is 359 g/mol. The van der Waals surface area contributed by atoms with Crippen LogP contribution in [0.5, 0.6) is 0 Å². The van der Waals surface area contributed by atoms with Crippen LogP contribution in [0.2, 0.25) is 0 Å². The fourth-order valence-corrected chi connectivity index (χ4v) is 1.06. The van der Waals surface area contributed by atoms with Crippen LogP contribution in [0.4, 0.5) is 0 Å². The first-order valence-corrected chi connectivity index (χ1v) is 3.00. The zero-order valence-electron chi connectivity index (χ0n) is 17.7. The van der Waals surface area contributed by atoms with E-state index in [9.17, 15) is 0 Å². The quantitative estimate of drug-likeness (QED) is 0.422. The van der Waals surface area contributed by atoms with Crippen LogP contribution < -0.4 is 321 Å². The molecular weight excluding hydrogens is 335 g/mol. The predicted octanol–water partition coefficient (Wildman–Crippen LogP) is -14.6. The maximum absolute atomic E-state index is 1.50. The second-order valence-electron chi connectivity index (χ2n) is 2.12. The van der Waals surface area contributed by atoms with Gasteiger partial charge in [-0.1, -0.05) is 38.5 Å². The fourth-order valence-electron chi connectivity index (χ4n) is 1.06. The summed E-state index contributed by atoms with van der Waals surface area (Å²) in [4.78, 5) is 0. The minimum atomic E-state index is 0. The zero-order chi connectivity index (χ0) is 4.24. The summed E-state index contributed by atoms with van der Waals surface area (Å²) in [6, 6.07) is 0. The Labute approximate surface area is 354 Å². The van der Waals surface area contributed by atoms with E-state index < -0.39 is 0 Å². The van der Waals surface area contributed by atoms with Crippen molar-refractivity contribution in [3.8, 4) is 0 Å². The first kappa shape index (κ1) is 49.6. The average Bonchev–Trinajstić information content (AvgIpc) is 1.72. The molecule has 1 aliphatic rings. The van der Waals surface area contributed by atoms with Gasteiger partial charge in [0, 0.05) is 0 Å². The molecule has 0 heterocycles. The van der Waals surface area contributed by atoms with Gasteiger partial charge in [-0.15, -0.1) is 0 Å². The molecule has 0 aromatic rings. The van der Waals surface area contributed by atoms with Crippen molar-refractivity contribution in [2.45, 2.75) is 38.5 Å². The Morgan fingerprint density at radius 2 is 0.429 bits per heavy atom. The van der Waals surface area contributed by atoms with Crippen molar-refractivity contribution < 1.29 is 317 Å². The van der Waals surface area contributed by atoms with E-state index in [4.69, 9.17) is 0 Å². The molecular formula is C6H24K6N2. The molecule has 8 heteroatoms. The van der Waals surface area contributed by atoms with E-state index in [1.54, 1.807) is 0 Å². The number of hydrogen-bond acceptors (Lipinski definition) is 2. The summed E-state index contributed by atoms with van der Waals surface area (Å²) in [5, 5.41) is 0. The molecule has 0 aliphatic heterocycles. The van der Waals surface area contributed by atoms with Gasteiger partial charge in [-0.05, 0) is 0 Å². The third kappa shape index (κ3) is 37.7. The summed E-state index contributed by atoms with van der Waals surface area (Å²) >= 11 is 0. The Morgan fingerprint density at radius 3 is 0.500 bits per heavy atom. The fraction of sp³-hybridized carbons (Fsp3) is 1.00. The SMILES string of the molecule is C1CCCCC1.N.N.[H-].[H-].[H-].[H-].[H-].[H-].[K+].[K+].[K+].[K+].[K+].[K+]. The predicted molar refractivity (Wildman–Crippen MR) is 44.4 cm³/mol. The van der Waals surface area contributed by atoms with Gasteiger partial charge < -0.3 is 20.9 Å². The Morgan fingerprint density at radius 1 is 0.357 bits per heavy atom. The Bertz CT molecular complexity index is 53.4. The second kappa shape index (κ2) is 43.4. The van der Waals surface area contributed by atoms with Crippen molar-refractivity contribution in [1.82, 2.24) is 12.3 Å².